The van der Waals surface area contributed by atoms with E-state index in [4.69, 9.17) is 10.5 Å². The van der Waals surface area contributed by atoms with Crippen LogP contribution in [0.1, 0.15) is 24.4 Å². The van der Waals surface area contributed by atoms with E-state index in [2.05, 4.69) is 30.0 Å². The molecule has 20 heavy (non-hydrogen) atoms. The Kier molecular flexibility index (Phi) is 3.96. The zero-order valence-corrected chi connectivity index (χ0v) is 12.5. The number of ether oxygens (including phenoxy) is 1. The number of hydrogen-bond donors (Lipinski definition) is 1. The minimum Gasteiger partial charge on any atom is -0.492 e. The number of nitrogens with zero attached hydrogens (tertiary/aromatic N) is 2. The minimum atomic E-state index is 0.0581. The highest BCUT2D eigenvalue weighted by Gasteiger charge is 2.38. The largest absolute Gasteiger partial charge is 0.492 e. The number of fused-ring (bicyclic) bond motifs is 1. The van der Waals surface area contributed by atoms with Gasteiger partial charge in [-0.2, -0.15) is 0 Å². The minimum absolute atomic E-state index is 0.0581. The zero-order chi connectivity index (χ0) is 14.1. The van der Waals surface area contributed by atoms with Crippen LogP contribution in [0.5, 0.6) is 5.75 Å². The fourth-order valence-corrected chi connectivity index (χ4v) is 3.59. The van der Waals surface area contributed by atoms with E-state index in [1.54, 1.807) is 0 Å². The first-order valence-electron chi connectivity index (χ1n) is 7.54. The van der Waals surface area contributed by atoms with Crippen LogP contribution in [0.4, 0.5) is 0 Å². The summed E-state index contributed by atoms with van der Waals surface area (Å²) < 4.78 is 5.94. The second-order valence-corrected chi connectivity index (χ2v) is 6.24. The van der Waals surface area contributed by atoms with E-state index < -0.39 is 0 Å². The Hall–Kier alpha value is -1.10. The van der Waals surface area contributed by atoms with Gasteiger partial charge in [0, 0.05) is 18.2 Å². The first-order valence-corrected chi connectivity index (χ1v) is 7.54. The highest BCUT2D eigenvalue weighted by molar-refractivity contribution is 5.38. The number of para-hydroxylation sites is 1. The maximum absolute atomic E-state index is 6.53. The Balaban J connectivity index is 1.78. The lowest BCUT2D eigenvalue weighted by atomic mass is 9.95. The molecule has 3 unspecified atom stereocenters. The number of hydrogen-bond acceptors (Lipinski definition) is 4. The lowest BCUT2D eigenvalue weighted by molar-refractivity contribution is 0.0775. The molecule has 1 saturated heterocycles. The van der Waals surface area contributed by atoms with Crippen LogP contribution in [-0.2, 0) is 0 Å². The molecule has 2 heterocycles. The third kappa shape index (κ3) is 2.55. The molecule has 2 N–H and O–H groups in total. The fourth-order valence-electron chi connectivity index (χ4n) is 3.59. The summed E-state index contributed by atoms with van der Waals surface area (Å²) >= 11 is 0. The van der Waals surface area contributed by atoms with Gasteiger partial charge in [-0.25, -0.2) is 0 Å². The quantitative estimate of drug-likeness (QED) is 0.907. The van der Waals surface area contributed by atoms with Crippen molar-refractivity contribution in [3.05, 3.63) is 29.8 Å². The molecule has 1 aromatic rings. The van der Waals surface area contributed by atoms with Crippen LogP contribution >= 0.6 is 0 Å². The Labute approximate surface area is 121 Å². The molecule has 2 aliphatic heterocycles. The smallest absolute Gasteiger partial charge is 0.124 e. The van der Waals surface area contributed by atoms with Crippen molar-refractivity contribution in [3.8, 4) is 5.75 Å². The summed E-state index contributed by atoms with van der Waals surface area (Å²) in [5, 5.41) is 0. The second-order valence-electron chi connectivity index (χ2n) is 6.24. The van der Waals surface area contributed by atoms with Crippen LogP contribution < -0.4 is 10.5 Å². The van der Waals surface area contributed by atoms with Gasteiger partial charge in [-0.1, -0.05) is 18.2 Å². The Morgan fingerprint density at radius 2 is 2.15 bits per heavy atom. The molecule has 0 spiro atoms. The van der Waals surface area contributed by atoms with Crippen molar-refractivity contribution in [2.24, 2.45) is 5.73 Å². The van der Waals surface area contributed by atoms with Gasteiger partial charge < -0.3 is 15.4 Å². The lowest BCUT2D eigenvalue weighted by Gasteiger charge is -2.40. The van der Waals surface area contributed by atoms with Crippen molar-refractivity contribution in [3.63, 3.8) is 0 Å². The maximum atomic E-state index is 6.53. The van der Waals surface area contributed by atoms with Gasteiger partial charge in [-0.05, 0) is 39.5 Å². The summed E-state index contributed by atoms with van der Waals surface area (Å²) in [6.07, 6.45) is 2.53. The van der Waals surface area contributed by atoms with Crippen LogP contribution in [-0.4, -0.2) is 55.7 Å². The van der Waals surface area contributed by atoms with E-state index in [9.17, 15) is 0 Å². The van der Waals surface area contributed by atoms with Crippen molar-refractivity contribution in [2.45, 2.75) is 31.0 Å². The highest BCUT2D eigenvalue weighted by Crippen LogP contribution is 2.35. The molecule has 2 aliphatic rings. The van der Waals surface area contributed by atoms with E-state index in [0.29, 0.717) is 18.7 Å². The first kappa shape index (κ1) is 13.9. The third-order valence-corrected chi connectivity index (χ3v) is 4.53. The van der Waals surface area contributed by atoms with E-state index in [1.807, 2.05) is 18.2 Å². The molecule has 0 aliphatic carbocycles. The summed E-state index contributed by atoms with van der Waals surface area (Å²) in [7, 11) is 4.28. The van der Waals surface area contributed by atoms with Crippen molar-refractivity contribution in [1.82, 2.24) is 9.80 Å². The molecule has 0 amide bonds. The summed E-state index contributed by atoms with van der Waals surface area (Å²) in [5.41, 5.74) is 7.68. The van der Waals surface area contributed by atoms with Crippen molar-refractivity contribution < 1.29 is 4.74 Å². The van der Waals surface area contributed by atoms with Gasteiger partial charge in [0.05, 0.1) is 12.1 Å². The monoisotopic (exact) mass is 275 g/mol. The molecular weight excluding hydrogens is 250 g/mol. The lowest BCUT2D eigenvalue weighted by Crippen LogP contribution is -2.52. The fraction of sp³-hybridized carbons (Fsp3) is 0.625. The molecule has 3 rings (SSSR count). The van der Waals surface area contributed by atoms with Gasteiger partial charge in [-0.3, -0.25) is 4.90 Å². The van der Waals surface area contributed by atoms with Crippen molar-refractivity contribution in [2.75, 3.05) is 33.8 Å². The Bertz CT molecular complexity index is 463. The summed E-state index contributed by atoms with van der Waals surface area (Å²) in [4.78, 5) is 4.84. The number of likely N-dealkylation sites (N-methyl/N-ethyl adjacent to an activating group) is 1. The third-order valence-electron chi connectivity index (χ3n) is 4.53. The van der Waals surface area contributed by atoms with E-state index in [-0.39, 0.29) is 6.04 Å². The molecule has 110 valence electrons. The maximum Gasteiger partial charge on any atom is 0.124 e. The molecule has 0 saturated carbocycles. The van der Waals surface area contributed by atoms with Gasteiger partial charge in [0.2, 0.25) is 0 Å². The SMILES string of the molecule is CN(C)CC1CCCN1C1COc2ccccc2C1N. The van der Waals surface area contributed by atoms with Crippen molar-refractivity contribution in [1.29, 1.82) is 0 Å². The molecule has 1 fully saturated rings. The number of rotatable bonds is 3. The molecule has 0 aromatic heterocycles. The van der Waals surface area contributed by atoms with Gasteiger partial charge in [0.1, 0.15) is 12.4 Å². The van der Waals surface area contributed by atoms with E-state index in [0.717, 1.165) is 24.4 Å². The average molecular weight is 275 g/mol. The van der Waals surface area contributed by atoms with Crippen LogP contribution in [0.2, 0.25) is 0 Å². The standard InChI is InChI=1S/C16H25N3O/c1-18(2)10-12-6-5-9-19(12)14-11-20-15-8-4-3-7-13(15)16(14)17/h3-4,7-8,12,14,16H,5-6,9-11,17H2,1-2H3. The van der Waals surface area contributed by atoms with Gasteiger partial charge in [-0.15, -0.1) is 0 Å². The first-order chi connectivity index (χ1) is 9.66. The number of benzene rings is 1. The number of likely N-dealkylation sites (tertiary alicyclic amines) is 1. The number of nitrogens with two attached hydrogens (primary N) is 1. The van der Waals surface area contributed by atoms with Crippen molar-refractivity contribution >= 4 is 0 Å². The van der Waals surface area contributed by atoms with Gasteiger partial charge in [0.15, 0.2) is 0 Å². The predicted octanol–water partition coefficient (Wildman–Crippen LogP) is 1.47. The summed E-state index contributed by atoms with van der Waals surface area (Å²) in [6.45, 7) is 2.95. The predicted molar refractivity (Wildman–Crippen MR) is 80.9 cm³/mol. The highest BCUT2D eigenvalue weighted by atomic mass is 16.5. The average Bonchev–Trinajstić information content (AvgIpc) is 2.87. The van der Waals surface area contributed by atoms with Gasteiger partial charge in [0.25, 0.3) is 0 Å². The van der Waals surface area contributed by atoms with Crippen LogP contribution in [0.15, 0.2) is 24.3 Å². The topological polar surface area (TPSA) is 41.7 Å². The zero-order valence-electron chi connectivity index (χ0n) is 12.5. The second kappa shape index (κ2) is 5.72. The molecule has 4 nitrogen and oxygen atoms in total. The normalized spacial score (nSPS) is 30.3. The molecule has 0 radical (unpaired) electrons. The molecular formula is C16H25N3O. The van der Waals surface area contributed by atoms with Crippen LogP contribution in [0.25, 0.3) is 0 Å². The molecule has 3 atom stereocenters. The van der Waals surface area contributed by atoms with E-state index >= 15 is 0 Å². The molecule has 1 aromatic carbocycles. The summed E-state index contributed by atoms with van der Waals surface area (Å²) in [5.74, 6) is 0.958. The summed E-state index contributed by atoms with van der Waals surface area (Å²) in [6, 6.07) is 9.15. The van der Waals surface area contributed by atoms with E-state index in [1.165, 1.54) is 12.8 Å². The molecule has 0 bridgehead atoms. The van der Waals surface area contributed by atoms with Crippen LogP contribution in [0.3, 0.4) is 0 Å². The van der Waals surface area contributed by atoms with Crippen LogP contribution in [0, 0.1) is 0 Å². The Morgan fingerprint density at radius 3 is 2.95 bits per heavy atom. The Morgan fingerprint density at radius 1 is 1.35 bits per heavy atom. The molecule has 4 heteroatoms. The van der Waals surface area contributed by atoms with Gasteiger partial charge >= 0.3 is 0 Å².